The first-order valence-corrected chi connectivity index (χ1v) is 18.3. The van der Waals surface area contributed by atoms with E-state index < -0.39 is 61.6 Å². The Bertz CT molecular complexity index is 1490. The first-order valence-electron chi connectivity index (χ1n) is 15.9. The van der Waals surface area contributed by atoms with Gasteiger partial charge in [0.1, 0.15) is 11.6 Å². The second kappa shape index (κ2) is 22.6. The van der Waals surface area contributed by atoms with Gasteiger partial charge in [0, 0.05) is 30.3 Å². The van der Waals surface area contributed by atoms with E-state index in [0.717, 1.165) is 0 Å². The number of azo groups is 1. The molecular weight excluding hydrogens is 758 g/mol. The van der Waals surface area contributed by atoms with Crippen LogP contribution >= 0.6 is 23.2 Å². The number of nitriles is 1. The zero-order chi connectivity index (χ0) is 36.0. The van der Waals surface area contributed by atoms with Crippen LogP contribution in [0.3, 0.4) is 0 Å². The summed E-state index contributed by atoms with van der Waals surface area (Å²) in [6.07, 6.45) is 1.42. The van der Waals surface area contributed by atoms with Gasteiger partial charge in [-0.1, -0.05) is 20.8 Å². The number of hydrogen-bond acceptors (Lipinski definition) is 13. The maximum atomic E-state index is 12.3. The molecule has 2 fully saturated rings. The van der Waals surface area contributed by atoms with E-state index in [4.69, 9.17) is 23.2 Å². The van der Waals surface area contributed by atoms with Crippen molar-refractivity contribution in [1.29, 1.82) is 5.26 Å². The van der Waals surface area contributed by atoms with Gasteiger partial charge in [-0.2, -0.15) is 15.5 Å². The van der Waals surface area contributed by atoms with E-state index >= 15 is 0 Å². The van der Waals surface area contributed by atoms with Crippen LogP contribution in [0, 0.1) is 11.3 Å². The van der Waals surface area contributed by atoms with Crippen molar-refractivity contribution in [2.75, 3.05) is 13.1 Å². The molecule has 0 aliphatic heterocycles. The quantitative estimate of drug-likeness (QED) is 0.0803. The summed E-state index contributed by atoms with van der Waals surface area (Å²) in [6.45, 7) is 7.73. The number of aliphatic carboxylic acids is 2. The largest absolute Gasteiger partial charge is 1.00 e. The van der Waals surface area contributed by atoms with Crippen LogP contribution in [-0.2, 0) is 29.9 Å². The predicted octanol–water partition coefficient (Wildman–Crippen LogP) is -7.60. The van der Waals surface area contributed by atoms with Crippen LogP contribution in [0.15, 0.2) is 10.2 Å². The average molecular weight is 801 g/mol. The summed E-state index contributed by atoms with van der Waals surface area (Å²) in [7, 11) is -4.65. The number of halogens is 2. The Labute approximate surface area is 376 Å². The molecule has 1 N–H and O–H groups in total. The fourth-order valence-electron chi connectivity index (χ4n) is 6.48. The van der Waals surface area contributed by atoms with Crippen LogP contribution < -0.4 is 104 Å². The molecule has 15 nitrogen and oxygen atoms in total. The van der Waals surface area contributed by atoms with Gasteiger partial charge in [0.05, 0.1) is 49.9 Å². The topological polar surface area (TPSA) is 236 Å². The standard InChI is InChI=1S/C30H45Cl2N7O8S.3Na/c1-17(40)34-24-13-18(38(11-5-7-25(41)42)12-6-8-26(43)44)9-10-23(24)35-36-29-20(16-33)28(30(2,3)4)37-39(29)27-21(31)14-19(15-22(27)32)48(45,46)47;;;/h18-19,21-24,27H,5-15H2,1-4H3,(H,34,40)(H,41,42)(H,43,44)(H,45,46,47);;;/q;3*+1/p-3. The van der Waals surface area contributed by atoms with Crippen LogP contribution in [0.25, 0.3) is 0 Å². The fourth-order valence-corrected chi connectivity index (χ4v) is 8.65. The van der Waals surface area contributed by atoms with E-state index in [1.807, 2.05) is 25.7 Å². The summed E-state index contributed by atoms with van der Waals surface area (Å²) < 4.78 is 36.7. The normalized spacial score (nSPS) is 25.2. The molecule has 1 amide bonds. The van der Waals surface area contributed by atoms with Crippen molar-refractivity contribution in [3.63, 3.8) is 0 Å². The summed E-state index contributed by atoms with van der Waals surface area (Å²) in [6, 6.07) is 0.187. The molecule has 2 aliphatic rings. The molecule has 0 bridgehead atoms. The van der Waals surface area contributed by atoms with Crippen molar-refractivity contribution < 1.29 is 126 Å². The Kier molecular flexibility index (Phi) is 22.7. The molecule has 0 saturated heterocycles. The maximum absolute atomic E-state index is 12.3. The van der Waals surface area contributed by atoms with Gasteiger partial charge >= 0.3 is 88.7 Å². The van der Waals surface area contributed by atoms with Crippen LogP contribution in [0.2, 0.25) is 0 Å². The number of carbonyl (C=O) groups is 3. The van der Waals surface area contributed by atoms with Crippen molar-refractivity contribution >= 4 is 57.0 Å². The molecule has 5 unspecified atom stereocenters. The number of carboxylic acid groups (broad SMARTS) is 2. The molecule has 2 saturated carbocycles. The first kappa shape index (κ1) is 51.2. The van der Waals surface area contributed by atoms with E-state index in [9.17, 15) is 42.8 Å². The second-order valence-electron chi connectivity index (χ2n) is 13.5. The predicted molar refractivity (Wildman–Crippen MR) is 170 cm³/mol. The Morgan fingerprint density at radius 3 is 1.98 bits per heavy atom. The zero-order valence-corrected chi connectivity index (χ0v) is 38.8. The minimum Gasteiger partial charge on any atom is -0.748 e. The number of amides is 1. The number of hydrogen-bond donors (Lipinski definition) is 1. The van der Waals surface area contributed by atoms with Crippen LogP contribution in [0.1, 0.15) is 103 Å². The molecule has 5 atom stereocenters. The number of nitrogens with one attached hydrogen (secondary N) is 1. The van der Waals surface area contributed by atoms with E-state index in [2.05, 4.69) is 26.7 Å². The van der Waals surface area contributed by atoms with Crippen molar-refractivity contribution in [3.8, 4) is 6.07 Å². The van der Waals surface area contributed by atoms with E-state index in [1.165, 1.54) is 11.6 Å². The SMILES string of the molecule is CC(=O)NC1CC(N(CCCC(=O)[O-])CCCC(=O)[O-])CCC1N=Nc1c(C#N)c(C(C)(C)C)nn1C1C(Cl)CC(S(=O)(=O)[O-])CC1Cl.[Na+].[Na+].[Na+]. The summed E-state index contributed by atoms with van der Waals surface area (Å²) >= 11 is 13.3. The van der Waals surface area contributed by atoms with Gasteiger partial charge in [-0.15, -0.1) is 28.3 Å². The summed E-state index contributed by atoms with van der Waals surface area (Å²) in [5, 5.41) is 45.9. The number of carbonyl (C=O) groups excluding carboxylic acids is 3. The van der Waals surface area contributed by atoms with Gasteiger partial charge < -0.3 is 34.6 Å². The third kappa shape index (κ3) is 15.0. The van der Waals surface area contributed by atoms with Crippen LogP contribution in [-0.4, -0.2) is 92.7 Å². The van der Waals surface area contributed by atoms with E-state index in [1.54, 1.807) is 0 Å². The molecule has 0 spiro atoms. The van der Waals surface area contributed by atoms with Crippen molar-refractivity contribution in [1.82, 2.24) is 20.0 Å². The van der Waals surface area contributed by atoms with Gasteiger partial charge in [0.2, 0.25) is 5.91 Å². The molecule has 1 aromatic heterocycles. The molecule has 1 heterocycles. The number of alkyl halides is 2. The molecule has 21 heteroatoms. The Balaban J connectivity index is 0.00000833. The fraction of sp³-hybridized carbons (Fsp3) is 0.767. The van der Waals surface area contributed by atoms with Crippen molar-refractivity contribution in [2.45, 2.75) is 131 Å². The van der Waals surface area contributed by atoms with Gasteiger partial charge in [-0.25, -0.2) is 13.1 Å². The maximum Gasteiger partial charge on any atom is 1.00 e. The molecule has 2 aliphatic carbocycles. The van der Waals surface area contributed by atoms with E-state index in [-0.39, 0.29) is 138 Å². The van der Waals surface area contributed by atoms with Gasteiger partial charge in [-0.3, -0.25) is 4.79 Å². The number of rotatable bonds is 14. The Hall–Kier alpha value is 0.160. The Morgan fingerprint density at radius 1 is 1.02 bits per heavy atom. The van der Waals surface area contributed by atoms with E-state index in [0.29, 0.717) is 50.9 Å². The van der Waals surface area contributed by atoms with Gasteiger partial charge in [-0.05, 0) is 70.9 Å². The zero-order valence-electron chi connectivity index (χ0n) is 30.4. The smallest absolute Gasteiger partial charge is 0.748 e. The molecule has 1 aromatic rings. The van der Waals surface area contributed by atoms with Crippen LogP contribution in [0.5, 0.6) is 0 Å². The van der Waals surface area contributed by atoms with Gasteiger partial charge in [0.25, 0.3) is 0 Å². The molecule has 268 valence electrons. The third-order valence-corrected chi connectivity index (χ3v) is 10.8. The third-order valence-electron chi connectivity index (χ3n) is 8.76. The number of carboxylic acids is 2. The average Bonchev–Trinajstić information content (AvgIpc) is 3.33. The van der Waals surface area contributed by atoms with Gasteiger partial charge in [0.15, 0.2) is 5.82 Å². The Morgan fingerprint density at radius 2 is 1.55 bits per heavy atom. The monoisotopic (exact) mass is 799 g/mol. The summed E-state index contributed by atoms with van der Waals surface area (Å²) in [4.78, 5) is 36.3. The second-order valence-corrected chi connectivity index (χ2v) is 16.3. The first-order chi connectivity index (χ1) is 22.3. The number of aromatic nitrogens is 2. The molecule has 3 rings (SSSR count). The molecule has 0 aromatic carbocycles. The van der Waals surface area contributed by atoms with Crippen molar-refractivity contribution in [2.24, 2.45) is 10.2 Å². The molecule has 0 radical (unpaired) electrons. The van der Waals surface area contributed by atoms with Crippen molar-refractivity contribution in [3.05, 3.63) is 11.3 Å². The molecule has 51 heavy (non-hydrogen) atoms. The molecular formula is C30H42Cl2N7Na3O8S. The minimum absolute atomic E-state index is 0. The number of nitrogens with zero attached hydrogens (tertiary/aromatic N) is 6. The minimum atomic E-state index is -4.65. The summed E-state index contributed by atoms with van der Waals surface area (Å²) in [5.74, 6) is -2.60. The van der Waals surface area contributed by atoms with Crippen LogP contribution in [0.4, 0.5) is 5.82 Å². The summed E-state index contributed by atoms with van der Waals surface area (Å²) in [5.41, 5.74) is -0.0848.